The summed E-state index contributed by atoms with van der Waals surface area (Å²) in [7, 11) is 0. The van der Waals surface area contributed by atoms with Crippen LogP contribution in [-0.2, 0) is 13.0 Å². The Morgan fingerprint density at radius 1 is 1.35 bits per heavy atom. The third-order valence-corrected chi connectivity index (χ3v) is 3.09. The van der Waals surface area contributed by atoms with E-state index in [2.05, 4.69) is 10.1 Å². The van der Waals surface area contributed by atoms with Crippen molar-refractivity contribution in [2.45, 2.75) is 20.0 Å². The number of halogens is 1. The van der Waals surface area contributed by atoms with E-state index >= 15 is 0 Å². The summed E-state index contributed by atoms with van der Waals surface area (Å²) in [6.07, 6.45) is 3.88. The van der Waals surface area contributed by atoms with E-state index in [1.54, 1.807) is 24.5 Å². The molecular weight excluding hydrogens is 259 g/mol. The number of nitrogens with zero attached hydrogens (tertiary/aromatic N) is 2. The van der Waals surface area contributed by atoms with E-state index in [0.29, 0.717) is 23.3 Å². The Bertz CT molecular complexity index is 740. The summed E-state index contributed by atoms with van der Waals surface area (Å²) >= 11 is 0. The Hall–Kier alpha value is -2.43. The fraction of sp³-hybridized carbons (Fsp3) is 0.200. The Balaban J connectivity index is 1.81. The Kier molecular flexibility index (Phi) is 3.33. The minimum atomic E-state index is -0.332. The maximum atomic E-state index is 13.5. The number of para-hydroxylation sites is 1. The zero-order valence-electron chi connectivity index (χ0n) is 11.0. The van der Waals surface area contributed by atoms with Gasteiger partial charge in [0.1, 0.15) is 30.0 Å². The van der Waals surface area contributed by atoms with E-state index in [1.807, 2.05) is 6.92 Å². The van der Waals surface area contributed by atoms with Gasteiger partial charge in [0.05, 0.1) is 17.5 Å². The van der Waals surface area contributed by atoms with E-state index in [0.717, 1.165) is 17.7 Å². The Labute approximate surface area is 115 Å². The number of pyridine rings is 1. The van der Waals surface area contributed by atoms with Gasteiger partial charge in [-0.15, -0.1) is 0 Å². The van der Waals surface area contributed by atoms with Crippen LogP contribution >= 0.6 is 0 Å². The molecule has 2 heterocycles. The summed E-state index contributed by atoms with van der Waals surface area (Å²) in [6, 6.07) is 6.61. The zero-order chi connectivity index (χ0) is 13.9. The lowest BCUT2D eigenvalue weighted by Gasteiger charge is -2.06. The van der Waals surface area contributed by atoms with Crippen LogP contribution in [0.1, 0.15) is 18.2 Å². The van der Waals surface area contributed by atoms with Gasteiger partial charge in [-0.05, 0) is 18.6 Å². The van der Waals surface area contributed by atoms with Crippen molar-refractivity contribution in [2.75, 3.05) is 0 Å². The topological polar surface area (TPSA) is 48.2 Å². The molecule has 1 aromatic carbocycles. The minimum absolute atomic E-state index is 0.332. The molecule has 102 valence electrons. The van der Waals surface area contributed by atoms with E-state index in [-0.39, 0.29) is 5.82 Å². The van der Waals surface area contributed by atoms with Crippen LogP contribution in [-0.4, -0.2) is 10.1 Å². The lowest BCUT2D eigenvalue weighted by Crippen LogP contribution is -1.98. The molecule has 0 saturated carbocycles. The predicted molar refractivity (Wildman–Crippen MR) is 71.9 cm³/mol. The molecule has 20 heavy (non-hydrogen) atoms. The third-order valence-electron chi connectivity index (χ3n) is 3.09. The molecule has 4 nitrogen and oxygen atoms in total. The van der Waals surface area contributed by atoms with Gasteiger partial charge in [0.2, 0.25) is 0 Å². The van der Waals surface area contributed by atoms with Crippen molar-refractivity contribution in [2.24, 2.45) is 0 Å². The average Bonchev–Trinajstić information content (AvgIpc) is 2.92. The molecule has 3 aromatic rings. The quantitative estimate of drug-likeness (QED) is 0.729. The largest absolute Gasteiger partial charge is 0.487 e. The smallest absolute Gasteiger partial charge is 0.149 e. The van der Waals surface area contributed by atoms with Crippen LogP contribution in [0.3, 0.4) is 0 Å². The summed E-state index contributed by atoms with van der Waals surface area (Å²) in [5.74, 6) is 0.257. The molecule has 0 radical (unpaired) electrons. The van der Waals surface area contributed by atoms with Crippen molar-refractivity contribution in [1.82, 2.24) is 10.1 Å². The first-order valence-corrected chi connectivity index (χ1v) is 6.37. The standard InChI is InChI=1S/C15H13FN2O2/c1-2-14-11(9-20-18-14)8-19-12-6-10-4-3-5-13(16)15(10)17-7-12/h3-7,9H,2,8H2,1H3. The molecule has 0 atom stereocenters. The van der Waals surface area contributed by atoms with Crippen LogP contribution in [0.2, 0.25) is 0 Å². The van der Waals surface area contributed by atoms with Gasteiger partial charge in [-0.25, -0.2) is 9.37 Å². The number of ether oxygens (including phenoxy) is 1. The molecule has 0 unspecified atom stereocenters. The lowest BCUT2D eigenvalue weighted by atomic mass is 10.2. The van der Waals surface area contributed by atoms with Crippen LogP contribution in [0, 0.1) is 5.82 Å². The molecule has 0 fully saturated rings. The number of benzene rings is 1. The second-order valence-corrected chi connectivity index (χ2v) is 4.41. The van der Waals surface area contributed by atoms with Gasteiger partial charge in [-0.2, -0.15) is 0 Å². The molecule has 0 spiro atoms. The highest BCUT2D eigenvalue weighted by atomic mass is 19.1. The van der Waals surface area contributed by atoms with Gasteiger partial charge in [0.15, 0.2) is 0 Å². The van der Waals surface area contributed by atoms with E-state index < -0.39 is 0 Å². The third kappa shape index (κ3) is 2.34. The molecule has 0 aliphatic carbocycles. The zero-order valence-corrected chi connectivity index (χ0v) is 11.0. The summed E-state index contributed by atoms with van der Waals surface area (Å²) in [5, 5.41) is 4.60. The molecule has 0 aliphatic heterocycles. The summed E-state index contributed by atoms with van der Waals surface area (Å²) < 4.78 is 24.1. The Morgan fingerprint density at radius 3 is 3.10 bits per heavy atom. The fourth-order valence-electron chi connectivity index (χ4n) is 2.03. The number of fused-ring (bicyclic) bond motifs is 1. The molecule has 2 aromatic heterocycles. The number of hydrogen-bond acceptors (Lipinski definition) is 4. The SMILES string of the molecule is CCc1nocc1COc1cnc2c(F)cccc2c1. The Morgan fingerprint density at radius 2 is 2.25 bits per heavy atom. The molecule has 0 N–H and O–H groups in total. The van der Waals surface area contributed by atoms with Crippen LogP contribution in [0.4, 0.5) is 4.39 Å². The minimum Gasteiger partial charge on any atom is -0.487 e. The number of rotatable bonds is 4. The first-order chi connectivity index (χ1) is 9.78. The lowest BCUT2D eigenvalue weighted by molar-refractivity contribution is 0.303. The highest BCUT2D eigenvalue weighted by Gasteiger charge is 2.08. The van der Waals surface area contributed by atoms with Gasteiger partial charge in [-0.3, -0.25) is 0 Å². The molecule has 0 saturated heterocycles. The van der Waals surface area contributed by atoms with Gasteiger partial charge in [0, 0.05) is 5.39 Å². The second-order valence-electron chi connectivity index (χ2n) is 4.41. The highest BCUT2D eigenvalue weighted by Crippen LogP contribution is 2.21. The van der Waals surface area contributed by atoms with Crippen molar-refractivity contribution in [3.8, 4) is 5.75 Å². The van der Waals surface area contributed by atoms with Crippen molar-refractivity contribution >= 4 is 10.9 Å². The fourth-order valence-corrected chi connectivity index (χ4v) is 2.03. The number of aryl methyl sites for hydroxylation is 1. The van der Waals surface area contributed by atoms with Crippen LogP contribution in [0.15, 0.2) is 41.2 Å². The first-order valence-electron chi connectivity index (χ1n) is 6.37. The van der Waals surface area contributed by atoms with Crippen molar-refractivity contribution in [3.63, 3.8) is 0 Å². The van der Waals surface area contributed by atoms with E-state index in [4.69, 9.17) is 9.26 Å². The molecular formula is C15H13FN2O2. The van der Waals surface area contributed by atoms with Crippen molar-refractivity contribution in [3.05, 3.63) is 53.8 Å². The van der Waals surface area contributed by atoms with Crippen LogP contribution < -0.4 is 4.74 Å². The normalized spacial score (nSPS) is 10.9. The second kappa shape index (κ2) is 5.28. The predicted octanol–water partition coefficient (Wildman–Crippen LogP) is 3.50. The number of hydrogen-bond donors (Lipinski definition) is 0. The van der Waals surface area contributed by atoms with Crippen molar-refractivity contribution < 1.29 is 13.7 Å². The van der Waals surface area contributed by atoms with E-state index in [1.165, 1.54) is 12.3 Å². The highest BCUT2D eigenvalue weighted by molar-refractivity contribution is 5.80. The summed E-state index contributed by atoms with van der Waals surface area (Å²) in [6.45, 7) is 2.36. The maximum Gasteiger partial charge on any atom is 0.149 e. The molecule has 3 rings (SSSR count). The summed E-state index contributed by atoms with van der Waals surface area (Å²) in [5.41, 5.74) is 2.13. The summed E-state index contributed by atoms with van der Waals surface area (Å²) in [4.78, 5) is 4.08. The van der Waals surface area contributed by atoms with Gasteiger partial charge >= 0.3 is 0 Å². The molecule has 5 heteroatoms. The van der Waals surface area contributed by atoms with Crippen molar-refractivity contribution in [1.29, 1.82) is 0 Å². The van der Waals surface area contributed by atoms with E-state index in [9.17, 15) is 4.39 Å². The molecule has 0 aliphatic rings. The van der Waals surface area contributed by atoms with Gasteiger partial charge < -0.3 is 9.26 Å². The molecule has 0 amide bonds. The number of aromatic nitrogens is 2. The molecule has 0 bridgehead atoms. The average molecular weight is 272 g/mol. The van der Waals surface area contributed by atoms with Gasteiger partial charge in [-0.1, -0.05) is 24.2 Å². The monoisotopic (exact) mass is 272 g/mol. The first kappa shape index (κ1) is 12.6. The van der Waals surface area contributed by atoms with Crippen LogP contribution in [0.5, 0.6) is 5.75 Å². The maximum absolute atomic E-state index is 13.5. The van der Waals surface area contributed by atoms with Crippen LogP contribution in [0.25, 0.3) is 10.9 Å². The van der Waals surface area contributed by atoms with Gasteiger partial charge in [0.25, 0.3) is 0 Å².